The Hall–Kier alpha value is -2.29. The molecule has 3 atom stereocenters. The van der Waals surface area contributed by atoms with E-state index in [2.05, 4.69) is 74.7 Å². The van der Waals surface area contributed by atoms with Gasteiger partial charge >= 0.3 is 5.97 Å². The molecular weight excluding hydrogens is 1070 g/mol. The molecule has 498 valence electrons. The fraction of sp³-hybridized carbons (Fsp3) is 0.840. The molecule has 3 unspecified atom stereocenters. The van der Waals surface area contributed by atoms with Crippen LogP contribution in [0.15, 0.2) is 60.8 Å². The third-order valence-corrected chi connectivity index (χ3v) is 17.4. The van der Waals surface area contributed by atoms with Crippen molar-refractivity contribution in [2.24, 2.45) is 0 Å². The molecule has 0 saturated heterocycles. The van der Waals surface area contributed by atoms with E-state index in [4.69, 9.17) is 13.8 Å². The molecule has 1 N–H and O–H groups in total. The summed E-state index contributed by atoms with van der Waals surface area (Å²) in [5.74, 6) is -0.535. The molecule has 1 amide bonds. The number of esters is 1. The van der Waals surface area contributed by atoms with Gasteiger partial charge in [0.1, 0.15) is 19.3 Å². The van der Waals surface area contributed by atoms with Crippen molar-refractivity contribution >= 4 is 19.7 Å². The van der Waals surface area contributed by atoms with Crippen molar-refractivity contribution in [3.8, 4) is 0 Å². The van der Waals surface area contributed by atoms with Crippen molar-refractivity contribution in [1.29, 1.82) is 0 Å². The summed E-state index contributed by atoms with van der Waals surface area (Å²) < 4.78 is 30.5. The van der Waals surface area contributed by atoms with Crippen LogP contribution in [-0.2, 0) is 27.9 Å². The zero-order valence-electron chi connectivity index (χ0n) is 57.1. The number of quaternary nitrogens is 1. The van der Waals surface area contributed by atoms with Crippen molar-refractivity contribution in [1.82, 2.24) is 5.32 Å². The fourth-order valence-electron chi connectivity index (χ4n) is 10.8. The lowest BCUT2D eigenvalue weighted by atomic mass is 10.0. The topological polar surface area (TPSA) is 114 Å². The highest BCUT2D eigenvalue weighted by atomic mass is 31.2. The van der Waals surface area contributed by atoms with Crippen LogP contribution in [0.3, 0.4) is 0 Å². The highest BCUT2D eigenvalue weighted by Gasteiger charge is 2.27. The second-order valence-corrected chi connectivity index (χ2v) is 27.5. The van der Waals surface area contributed by atoms with Gasteiger partial charge in [-0.3, -0.25) is 14.2 Å². The van der Waals surface area contributed by atoms with E-state index >= 15 is 0 Å². The number of unbranched alkanes of at least 4 members (excludes halogenated alkanes) is 43. The molecule has 85 heavy (non-hydrogen) atoms. The second-order valence-electron chi connectivity index (χ2n) is 26.1. The molecule has 0 aliphatic carbocycles. The lowest BCUT2D eigenvalue weighted by Crippen LogP contribution is -2.47. The molecule has 10 heteroatoms. The maximum absolute atomic E-state index is 13.6. The zero-order chi connectivity index (χ0) is 62.1. The molecule has 0 fully saturated rings. The number of hydrogen-bond acceptors (Lipinski definition) is 7. The summed E-state index contributed by atoms with van der Waals surface area (Å²) in [7, 11) is 1.19. The van der Waals surface area contributed by atoms with Crippen LogP contribution in [0, 0.1) is 0 Å². The number of nitrogens with zero attached hydrogens (tertiary/aromatic N) is 1. The van der Waals surface area contributed by atoms with Crippen molar-refractivity contribution in [3.05, 3.63) is 60.8 Å². The Kier molecular flexibility index (Phi) is 62.9. The summed E-state index contributed by atoms with van der Waals surface area (Å²) in [6, 6.07) is -0.894. The Balaban J connectivity index is 5.07. The van der Waals surface area contributed by atoms with Crippen molar-refractivity contribution in [3.63, 3.8) is 0 Å². The molecule has 0 aromatic heterocycles. The summed E-state index contributed by atoms with van der Waals surface area (Å²) in [5.41, 5.74) is 0. The van der Waals surface area contributed by atoms with E-state index in [1.54, 1.807) is 0 Å². The van der Waals surface area contributed by atoms with Gasteiger partial charge < -0.3 is 28.5 Å². The first-order valence-electron chi connectivity index (χ1n) is 36.6. The van der Waals surface area contributed by atoms with Crippen molar-refractivity contribution in [2.45, 2.75) is 367 Å². The van der Waals surface area contributed by atoms with Crippen LogP contribution in [0.4, 0.5) is 0 Å². The normalized spacial score (nSPS) is 13.8. The van der Waals surface area contributed by atoms with Crippen molar-refractivity contribution in [2.75, 3.05) is 40.9 Å². The number of allylic oxidation sites excluding steroid dienone is 9. The highest BCUT2D eigenvalue weighted by molar-refractivity contribution is 7.45. The molecule has 0 bridgehead atoms. The smallest absolute Gasteiger partial charge is 0.306 e. The Morgan fingerprint density at radius 1 is 0.412 bits per heavy atom. The summed E-state index contributed by atoms with van der Waals surface area (Å²) in [6.45, 7) is 6.86. The number of phosphoric ester groups is 1. The molecule has 0 rings (SSSR count). The first-order chi connectivity index (χ1) is 41.4. The minimum absolute atomic E-state index is 0.0237. The maximum Gasteiger partial charge on any atom is 0.306 e. The van der Waals surface area contributed by atoms with E-state index in [0.717, 1.165) is 83.5 Å². The van der Waals surface area contributed by atoms with Gasteiger partial charge in [-0.05, 0) is 96.0 Å². The summed E-state index contributed by atoms with van der Waals surface area (Å²) in [4.78, 5) is 40.2. The highest BCUT2D eigenvalue weighted by Crippen LogP contribution is 2.38. The predicted molar refractivity (Wildman–Crippen MR) is 367 cm³/mol. The minimum Gasteiger partial charge on any atom is -0.756 e. The number of hydrogen-bond donors (Lipinski definition) is 1. The molecule has 0 aliphatic rings. The fourth-order valence-corrected chi connectivity index (χ4v) is 11.5. The predicted octanol–water partition coefficient (Wildman–Crippen LogP) is 22.7. The molecule has 0 spiro atoms. The number of amides is 1. The van der Waals surface area contributed by atoms with Gasteiger partial charge in [-0.25, -0.2) is 0 Å². The summed E-state index contributed by atoms with van der Waals surface area (Å²) >= 11 is 0. The van der Waals surface area contributed by atoms with Gasteiger partial charge in [-0.15, -0.1) is 0 Å². The van der Waals surface area contributed by atoms with Gasteiger partial charge in [0.2, 0.25) is 5.91 Å². The monoisotopic (exact) mass is 1210 g/mol. The Bertz CT molecular complexity index is 1640. The lowest BCUT2D eigenvalue weighted by molar-refractivity contribution is -0.870. The maximum atomic E-state index is 13.6. The Labute approximate surface area is 528 Å². The van der Waals surface area contributed by atoms with Crippen LogP contribution in [0.25, 0.3) is 0 Å². The van der Waals surface area contributed by atoms with Gasteiger partial charge in [0.15, 0.2) is 0 Å². The minimum atomic E-state index is -4.71. The summed E-state index contributed by atoms with van der Waals surface area (Å²) in [6.07, 6.45) is 83.4. The van der Waals surface area contributed by atoms with E-state index in [9.17, 15) is 19.0 Å². The number of rotatable bonds is 67. The molecule has 0 aliphatic heterocycles. The zero-order valence-corrected chi connectivity index (χ0v) is 58.0. The third-order valence-electron chi connectivity index (χ3n) is 16.4. The largest absolute Gasteiger partial charge is 0.756 e. The molecule has 0 radical (unpaired) electrons. The molecule has 0 aromatic rings. The molecule has 0 heterocycles. The number of carbonyl (C=O) groups is 2. The standard InChI is InChI=1S/C75H141N2O7P/c1-7-10-13-16-19-22-25-28-30-32-34-36-37-38-39-41-43-45-47-50-53-56-59-62-65-68-75(79)84-73(66-63-60-57-54-51-48-27-24-21-18-15-12-9-3)72(71-83-85(80,81)82-70-69-77(4,5)6)76-74(78)67-64-61-58-55-52-49-46-44-42-40-35-33-31-29-26-23-20-17-14-11-8-2/h20,23,28-31,35,40,63,66,72-73H,7-19,21-22,24-27,32-34,36-39,41-62,64-65,67-71H2,1-6H3,(H-,76,78,80,81)/b23-20-,30-28+,31-29-,40-35-,66-63+. The van der Waals surface area contributed by atoms with E-state index in [0.29, 0.717) is 17.4 Å². The molecule has 9 nitrogen and oxygen atoms in total. The average Bonchev–Trinajstić information content (AvgIpc) is 3.50. The Morgan fingerprint density at radius 2 is 0.718 bits per heavy atom. The first kappa shape index (κ1) is 82.7. The number of phosphoric acid groups is 1. The van der Waals surface area contributed by atoms with Gasteiger partial charge in [0, 0.05) is 12.8 Å². The number of carbonyl (C=O) groups excluding carboxylic acids is 2. The molecule has 0 saturated carbocycles. The van der Waals surface area contributed by atoms with Crippen LogP contribution in [0.1, 0.15) is 355 Å². The quantitative estimate of drug-likeness (QED) is 0.0212. The summed E-state index contributed by atoms with van der Waals surface area (Å²) in [5, 5.41) is 3.05. The third kappa shape index (κ3) is 66.0. The number of nitrogens with one attached hydrogen (secondary N) is 1. The number of likely N-dealkylation sites (N-methyl/N-ethyl adjacent to an activating group) is 1. The Morgan fingerprint density at radius 3 is 1.11 bits per heavy atom. The van der Waals surface area contributed by atoms with E-state index in [1.807, 2.05) is 33.3 Å². The number of ether oxygens (including phenoxy) is 1. The van der Waals surface area contributed by atoms with Gasteiger partial charge in [0.05, 0.1) is 33.8 Å². The van der Waals surface area contributed by atoms with E-state index < -0.39 is 20.0 Å². The first-order valence-corrected chi connectivity index (χ1v) is 38.1. The van der Waals surface area contributed by atoms with Gasteiger partial charge in [0.25, 0.3) is 7.82 Å². The average molecular weight is 1210 g/mol. The lowest BCUT2D eigenvalue weighted by Gasteiger charge is -2.30. The SMILES string of the molecule is CCCCC/C=C\C/C=C\C/C=C\CCCCCCCCCCC(=O)NC(COP(=O)([O-])OCC[N+](C)(C)C)C(/C=C/CCCCCCCCCCCCC)OC(=O)CCCCCCCCCCCCCCCCC/C=C/CCCCCCCC. The van der Waals surface area contributed by atoms with Crippen LogP contribution in [0.5, 0.6) is 0 Å². The van der Waals surface area contributed by atoms with Crippen LogP contribution < -0.4 is 10.2 Å². The second kappa shape index (κ2) is 64.7. The van der Waals surface area contributed by atoms with Gasteiger partial charge in [-0.1, -0.05) is 307 Å². The van der Waals surface area contributed by atoms with E-state index in [-0.39, 0.29) is 31.5 Å². The van der Waals surface area contributed by atoms with Gasteiger partial charge in [-0.2, -0.15) is 0 Å². The van der Waals surface area contributed by atoms with E-state index in [1.165, 1.54) is 238 Å². The van der Waals surface area contributed by atoms with Crippen LogP contribution >= 0.6 is 7.82 Å². The molecular formula is C75H141N2O7P. The van der Waals surface area contributed by atoms with Crippen LogP contribution in [-0.4, -0.2) is 69.4 Å². The van der Waals surface area contributed by atoms with Crippen molar-refractivity contribution < 1.29 is 37.3 Å². The van der Waals surface area contributed by atoms with Crippen LogP contribution in [0.2, 0.25) is 0 Å². The molecule has 0 aromatic carbocycles.